The van der Waals surface area contributed by atoms with Crippen LogP contribution in [-0.4, -0.2) is 34.2 Å². The van der Waals surface area contributed by atoms with Gasteiger partial charge in [0.05, 0.1) is 4.86 Å². The molecule has 1 atom stereocenters. The molecule has 1 fully saturated rings. The number of carbonyl (C=O) groups excluding carboxylic acids is 2. The van der Waals surface area contributed by atoms with Crippen molar-refractivity contribution in [3.63, 3.8) is 0 Å². The smallest absolute Gasteiger partial charge is 0.261 e. The van der Waals surface area contributed by atoms with Crippen LogP contribution in [0.5, 0.6) is 0 Å². The zero-order chi connectivity index (χ0) is 11.4. The van der Waals surface area contributed by atoms with E-state index in [1.54, 1.807) is 0 Å². The molecule has 0 aromatic carbocycles. The minimum absolute atomic E-state index is 0.187. The maximum absolute atomic E-state index is 11.8. The molecule has 15 heavy (non-hydrogen) atoms. The Morgan fingerprint density at radius 1 is 1.60 bits per heavy atom. The van der Waals surface area contributed by atoms with E-state index in [1.807, 2.05) is 6.92 Å². The Kier molecular flexibility index (Phi) is 4.20. The zero-order valence-electron chi connectivity index (χ0n) is 8.86. The SMILES string of the molecule is CCC(C(N)=O)N1CCCCC(=S)C1=O. The molecule has 1 aliphatic heterocycles. The number of amides is 2. The van der Waals surface area contributed by atoms with E-state index in [-0.39, 0.29) is 5.91 Å². The summed E-state index contributed by atoms with van der Waals surface area (Å²) in [5, 5.41) is 0. The maximum Gasteiger partial charge on any atom is 0.261 e. The van der Waals surface area contributed by atoms with Gasteiger partial charge in [-0.25, -0.2) is 0 Å². The van der Waals surface area contributed by atoms with E-state index in [0.29, 0.717) is 24.3 Å². The number of hydrogen-bond acceptors (Lipinski definition) is 3. The van der Waals surface area contributed by atoms with Gasteiger partial charge in [0.15, 0.2) is 0 Å². The lowest BCUT2D eigenvalue weighted by atomic mass is 10.1. The van der Waals surface area contributed by atoms with Crippen LogP contribution in [0, 0.1) is 0 Å². The second kappa shape index (κ2) is 5.21. The van der Waals surface area contributed by atoms with E-state index in [4.69, 9.17) is 18.0 Å². The first-order valence-electron chi connectivity index (χ1n) is 5.21. The van der Waals surface area contributed by atoms with E-state index >= 15 is 0 Å². The normalized spacial score (nSPS) is 19.9. The molecule has 0 aromatic heterocycles. The summed E-state index contributed by atoms with van der Waals surface area (Å²) >= 11 is 5.00. The number of primary amides is 1. The highest BCUT2D eigenvalue weighted by atomic mass is 32.1. The van der Waals surface area contributed by atoms with Crippen LogP contribution in [0.4, 0.5) is 0 Å². The van der Waals surface area contributed by atoms with E-state index in [9.17, 15) is 9.59 Å². The number of likely N-dealkylation sites (tertiary alicyclic amines) is 1. The summed E-state index contributed by atoms with van der Waals surface area (Å²) in [6.45, 7) is 2.43. The highest BCUT2D eigenvalue weighted by molar-refractivity contribution is 7.82. The number of carbonyl (C=O) groups is 2. The topological polar surface area (TPSA) is 63.4 Å². The largest absolute Gasteiger partial charge is 0.368 e. The Labute approximate surface area is 94.8 Å². The van der Waals surface area contributed by atoms with Gasteiger partial charge in [-0.05, 0) is 25.7 Å². The summed E-state index contributed by atoms with van der Waals surface area (Å²) in [6.07, 6.45) is 3.00. The Balaban J connectivity index is 2.85. The van der Waals surface area contributed by atoms with Crippen LogP contribution in [-0.2, 0) is 9.59 Å². The second-order valence-corrected chi connectivity index (χ2v) is 4.20. The van der Waals surface area contributed by atoms with Crippen LogP contribution in [0.3, 0.4) is 0 Å². The number of thiocarbonyl (C=S) groups is 1. The van der Waals surface area contributed by atoms with Gasteiger partial charge in [0.2, 0.25) is 5.91 Å². The standard InChI is InChI=1S/C10H16N2O2S/c1-2-7(9(11)13)12-6-4-3-5-8(15)10(12)14/h7H,2-6H2,1H3,(H2,11,13). The van der Waals surface area contributed by atoms with Crippen molar-refractivity contribution in [2.45, 2.75) is 38.6 Å². The summed E-state index contributed by atoms with van der Waals surface area (Å²) in [5.74, 6) is -0.635. The van der Waals surface area contributed by atoms with Crippen molar-refractivity contribution >= 4 is 28.9 Å². The minimum Gasteiger partial charge on any atom is -0.368 e. The molecule has 0 spiro atoms. The molecule has 0 bridgehead atoms. The number of rotatable bonds is 3. The molecule has 0 saturated carbocycles. The molecule has 1 saturated heterocycles. The summed E-state index contributed by atoms with van der Waals surface area (Å²) in [6, 6.07) is -0.506. The second-order valence-electron chi connectivity index (χ2n) is 3.71. The average molecular weight is 228 g/mol. The Morgan fingerprint density at radius 2 is 2.27 bits per heavy atom. The summed E-state index contributed by atoms with van der Waals surface area (Å²) in [4.78, 5) is 25.0. The van der Waals surface area contributed by atoms with Crippen LogP contribution in [0.2, 0.25) is 0 Å². The average Bonchev–Trinajstić information content (AvgIpc) is 2.34. The lowest BCUT2D eigenvalue weighted by molar-refractivity contribution is -0.134. The Morgan fingerprint density at radius 3 is 2.80 bits per heavy atom. The Hall–Kier alpha value is -0.970. The van der Waals surface area contributed by atoms with E-state index in [2.05, 4.69) is 0 Å². The fourth-order valence-electron chi connectivity index (χ4n) is 1.81. The van der Waals surface area contributed by atoms with Gasteiger partial charge in [0.25, 0.3) is 5.91 Å². The van der Waals surface area contributed by atoms with Crippen LogP contribution in [0.15, 0.2) is 0 Å². The van der Waals surface area contributed by atoms with Crippen LogP contribution < -0.4 is 5.73 Å². The van der Waals surface area contributed by atoms with Crippen LogP contribution in [0.1, 0.15) is 32.6 Å². The highest BCUT2D eigenvalue weighted by Crippen LogP contribution is 2.14. The van der Waals surface area contributed by atoms with Gasteiger partial charge in [-0.15, -0.1) is 0 Å². The van der Waals surface area contributed by atoms with Gasteiger partial charge < -0.3 is 10.6 Å². The molecule has 84 valence electrons. The van der Waals surface area contributed by atoms with Gasteiger partial charge >= 0.3 is 0 Å². The Bertz CT molecular complexity index is 291. The lowest BCUT2D eigenvalue weighted by Gasteiger charge is -2.27. The van der Waals surface area contributed by atoms with E-state index in [1.165, 1.54) is 4.90 Å². The van der Waals surface area contributed by atoms with Crippen LogP contribution in [0.25, 0.3) is 0 Å². The van der Waals surface area contributed by atoms with Gasteiger partial charge in [-0.1, -0.05) is 19.1 Å². The molecule has 1 aliphatic rings. The third-order valence-electron chi connectivity index (χ3n) is 2.64. The molecule has 0 aromatic rings. The first kappa shape index (κ1) is 12.1. The minimum atomic E-state index is -0.506. The van der Waals surface area contributed by atoms with Crippen molar-refractivity contribution in [3.05, 3.63) is 0 Å². The summed E-state index contributed by atoms with van der Waals surface area (Å²) in [5.41, 5.74) is 5.26. The fourth-order valence-corrected chi connectivity index (χ4v) is 2.07. The lowest BCUT2D eigenvalue weighted by Crippen LogP contribution is -2.49. The van der Waals surface area contributed by atoms with E-state index < -0.39 is 11.9 Å². The van der Waals surface area contributed by atoms with E-state index in [0.717, 1.165) is 12.8 Å². The van der Waals surface area contributed by atoms with Gasteiger partial charge in [0, 0.05) is 6.54 Å². The predicted octanol–water partition coefficient (Wildman–Crippen LogP) is 0.633. The van der Waals surface area contributed by atoms with Crippen molar-refractivity contribution in [1.29, 1.82) is 0 Å². The molecule has 5 heteroatoms. The third-order valence-corrected chi connectivity index (χ3v) is 3.02. The fraction of sp³-hybridized carbons (Fsp3) is 0.700. The molecule has 1 rings (SSSR count). The van der Waals surface area contributed by atoms with Crippen molar-refractivity contribution in [1.82, 2.24) is 4.90 Å². The van der Waals surface area contributed by atoms with Crippen molar-refractivity contribution in [2.75, 3.05) is 6.54 Å². The van der Waals surface area contributed by atoms with Crippen molar-refractivity contribution in [2.24, 2.45) is 5.73 Å². The molecule has 2 amide bonds. The first-order chi connectivity index (χ1) is 7.07. The number of hydrogen-bond donors (Lipinski definition) is 1. The molecular weight excluding hydrogens is 212 g/mol. The number of nitrogens with zero attached hydrogens (tertiary/aromatic N) is 1. The maximum atomic E-state index is 11.8. The van der Waals surface area contributed by atoms with Crippen molar-refractivity contribution in [3.8, 4) is 0 Å². The number of nitrogens with two attached hydrogens (primary N) is 1. The summed E-state index contributed by atoms with van der Waals surface area (Å²) in [7, 11) is 0. The van der Waals surface area contributed by atoms with Gasteiger partial charge in [-0.3, -0.25) is 9.59 Å². The molecule has 1 unspecified atom stereocenters. The molecular formula is C10H16N2O2S. The first-order valence-corrected chi connectivity index (χ1v) is 5.61. The quantitative estimate of drug-likeness (QED) is 0.721. The molecule has 2 N–H and O–H groups in total. The van der Waals surface area contributed by atoms with Crippen molar-refractivity contribution < 1.29 is 9.59 Å². The van der Waals surface area contributed by atoms with Crippen LogP contribution >= 0.6 is 12.2 Å². The summed E-state index contributed by atoms with van der Waals surface area (Å²) < 4.78 is 0. The third kappa shape index (κ3) is 2.75. The highest BCUT2D eigenvalue weighted by Gasteiger charge is 2.29. The molecule has 0 radical (unpaired) electrons. The van der Waals surface area contributed by atoms with Gasteiger partial charge in [-0.2, -0.15) is 0 Å². The van der Waals surface area contributed by atoms with Gasteiger partial charge in [0.1, 0.15) is 6.04 Å². The monoisotopic (exact) mass is 228 g/mol. The molecule has 0 aliphatic carbocycles. The molecule has 4 nitrogen and oxygen atoms in total. The zero-order valence-corrected chi connectivity index (χ0v) is 9.68. The predicted molar refractivity (Wildman–Crippen MR) is 61.4 cm³/mol. The molecule has 1 heterocycles.